The predicted octanol–water partition coefficient (Wildman–Crippen LogP) is 2.89. The van der Waals surface area contributed by atoms with Crippen molar-refractivity contribution in [3.63, 3.8) is 0 Å². The molecule has 0 N–H and O–H groups in total. The summed E-state index contributed by atoms with van der Waals surface area (Å²) in [4.78, 5) is 28.4. The minimum absolute atomic E-state index is 0.139. The standard InChI is InChI=1S/C22H28FN5O2/c1-16-14-20(25-22(24-16)28-8-4-3-5-9-28)26-10-12-27(13-11-26)21(29)17-6-7-19(30-2)18(23)15-17/h6-7,14-15H,3-5,8-13H2,1-2H3. The topological polar surface area (TPSA) is 61.8 Å². The molecule has 2 fully saturated rings. The van der Waals surface area contributed by atoms with E-state index in [1.54, 1.807) is 11.0 Å². The SMILES string of the molecule is COc1ccc(C(=O)N2CCN(c3cc(C)nc(N4CCCCC4)n3)CC2)cc1F. The van der Waals surface area contributed by atoms with Gasteiger partial charge in [0.2, 0.25) is 5.95 Å². The number of anilines is 2. The van der Waals surface area contributed by atoms with Crippen molar-refractivity contribution in [2.75, 3.05) is 56.2 Å². The van der Waals surface area contributed by atoms with Crippen LogP contribution in [0.25, 0.3) is 0 Å². The van der Waals surface area contributed by atoms with Crippen LogP contribution in [0.15, 0.2) is 24.3 Å². The highest BCUT2D eigenvalue weighted by atomic mass is 19.1. The van der Waals surface area contributed by atoms with Crippen LogP contribution >= 0.6 is 0 Å². The molecule has 0 bridgehead atoms. The maximum atomic E-state index is 14.0. The summed E-state index contributed by atoms with van der Waals surface area (Å²) in [7, 11) is 1.41. The first-order valence-corrected chi connectivity index (χ1v) is 10.5. The van der Waals surface area contributed by atoms with Gasteiger partial charge in [-0.25, -0.2) is 9.37 Å². The Kier molecular flexibility index (Phi) is 6.01. The minimum atomic E-state index is -0.524. The van der Waals surface area contributed by atoms with Gasteiger partial charge in [-0.2, -0.15) is 4.98 Å². The van der Waals surface area contributed by atoms with Gasteiger partial charge in [-0.3, -0.25) is 4.79 Å². The number of halogens is 1. The van der Waals surface area contributed by atoms with Gasteiger partial charge in [-0.1, -0.05) is 0 Å². The highest BCUT2D eigenvalue weighted by Crippen LogP contribution is 2.23. The molecular formula is C22H28FN5O2. The lowest BCUT2D eigenvalue weighted by Gasteiger charge is -2.36. The van der Waals surface area contributed by atoms with Crippen LogP contribution in [0.1, 0.15) is 35.3 Å². The summed E-state index contributed by atoms with van der Waals surface area (Å²) in [5.74, 6) is 1.16. The van der Waals surface area contributed by atoms with E-state index in [-0.39, 0.29) is 11.7 Å². The molecule has 1 aromatic carbocycles. The van der Waals surface area contributed by atoms with E-state index in [1.165, 1.54) is 38.5 Å². The van der Waals surface area contributed by atoms with Gasteiger partial charge >= 0.3 is 0 Å². The summed E-state index contributed by atoms with van der Waals surface area (Å²) in [6, 6.07) is 6.34. The lowest BCUT2D eigenvalue weighted by Crippen LogP contribution is -2.49. The molecular weight excluding hydrogens is 385 g/mol. The summed E-state index contributed by atoms with van der Waals surface area (Å²) < 4.78 is 18.9. The van der Waals surface area contributed by atoms with Gasteiger partial charge in [0.25, 0.3) is 5.91 Å². The summed E-state index contributed by atoms with van der Waals surface area (Å²) >= 11 is 0. The van der Waals surface area contributed by atoms with E-state index < -0.39 is 5.82 Å². The quantitative estimate of drug-likeness (QED) is 0.768. The van der Waals surface area contributed by atoms with Crippen LogP contribution in [-0.4, -0.2) is 67.2 Å². The van der Waals surface area contributed by atoms with Gasteiger partial charge < -0.3 is 19.4 Å². The van der Waals surface area contributed by atoms with Crippen molar-refractivity contribution in [3.8, 4) is 5.75 Å². The second-order valence-corrected chi connectivity index (χ2v) is 7.84. The number of hydrogen-bond donors (Lipinski definition) is 0. The highest BCUT2D eigenvalue weighted by molar-refractivity contribution is 5.94. The Bertz CT molecular complexity index is 908. The van der Waals surface area contributed by atoms with Crippen molar-refractivity contribution >= 4 is 17.7 Å². The van der Waals surface area contributed by atoms with E-state index in [9.17, 15) is 9.18 Å². The first-order valence-electron chi connectivity index (χ1n) is 10.5. The molecule has 0 unspecified atom stereocenters. The Morgan fingerprint density at radius 2 is 1.70 bits per heavy atom. The Labute approximate surface area is 176 Å². The van der Waals surface area contributed by atoms with Crippen molar-refractivity contribution < 1.29 is 13.9 Å². The second kappa shape index (κ2) is 8.85. The van der Waals surface area contributed by atoms with Crippen LogP contribution in [0.4, 0.5) is 16.2 Å². The molecule has 0 atom stereocenters. The summed E-state index contributed by atoms with van der Waals surface area (Å²) in [5, 5.41) is 0. The van der Waals surface area contributed by atoms with Crippen LogP contribution in [0.3, 0.4) is 0 Å². The minimum Gasteiger partial charge on any atom is -0.494 e. The monoisotopic (exact) mass is 413 g/mol. The third-order valence-electron chi connectivity index (χ3n) is 5.76. The number of amides is 1. The fourth-order valence-corrected chi connectivity index (χ4v) is 4.05. The lowest BCUT2D eigenvalue weighted by molar-refractivity contribution is 0.0746. The number of hydrogen-bond acceptors (Lipinski definition) is 6. The van der Waals surface area contributed by atoms with Gasteiger partial charge in [0.05, 0.1) is 7.11 Å². The molecule has 0 spiro atoms. The average Bonchev–Trinajstić information content (AvgIpc) is 2.79. The molecule has 2 saturated heterocycles. The molecule has 0 aliphatic carbocycles. The zero-order chi connectivity index (χ0) is 21.1. The molecule has 1 aromatic heterocycles. The number of piperidine rings is 1. The number of methoxy groups -OCH3 is 1. The van der Waals surface area contributed by atoms with Crippen LogP contribution in [-0.2, 0) is 0 Å². The molecule has 3 heterocycles. The third kappa shape index (κ3) is 4.32. The number of rotatable bonds is 4. The van der Waals surface area contributed by atoms with Gasteiger partial charge in [0.1, 0.15) is 5.82 Å². The van der Waals surface area contributed by atoms with Gasteiger partial charge in [0, 0.05) is 56.6 Å². The predicted molar refractivity (Wildman–Crippen MR) is 114 cm³/mol. The number of ether oxygens (including phenoxy) is 1. The van der Waals surface area contributed by atoms with Gasteiger partial charge in [-0.05, 0) is 44.4 Å². The largest absolute Gasteiger partial charge is 0.494 e. The Hall–Kier alpha value is -2.90. The number of aryl methyl sites for hydroxylation is 1. The van der Waals surface area contributed by atoms with Crippen LogP contribution in [0.5, 0.6) is 5.75 Å². The van der Waals surface area contributed by atoms with E-state index >= 15 is 0 Å². The fraction of sp³-hybridized carbons (Fsp3) is 0.500. The molecule has 7 nitrogen and oxygen atoms in total. The zero-order valence-electron chi connectivity index (χ0n) is 17.6. The van der Waals surface area contributed by atoms with Crippen molar-refractivity contribution in [2.45, 2.75) is 26.2 Å². The first kappa shape index (κ1) is 20.4. The Morgan fingerprint density at radius 3 is 2.37 bits per heavy atom. The average molecular weight is 413 g/mol. The number of carbonyl (C=O) groups is 1. The molecule has 2 aliphatic heterocycles. The van der Waals surface area contributed by atoms with E-state index in [0.717, 1.165) is 30.5 Å². The second-order valence-electron chi connectivity index (χ2n) is 7.84. The molecule has 8 heteroatoms. The van der Waals surface area contributed by atoms with Crippen LogP contribution < -0.4 is 14.5 Å². The first-order chi connectivity index (χ1) is 14.5. The maximum Gasteiger partial charge on any atom is 0.254 e. The molecule has 2 aromatic rings. The lowest BCUT2D eigenvalue weighted by atomic mass is 10.1. The Balaban J connectivity index is 1.42. The van der Waals surface area contributed by atoms with E-state index in [2.05, 4.69) is 14.8 Å². The molecule has 160 valence electrons. The molecule has 30 heavy (non-hydrogen) atoms. The summed E-state index contributed by atoms with van der Waals surface area (Å²) in [6.07, 6.45) is 3.63. The van der Waals surface area contributed by atoms with Gasteiger partial charge in [0.15, 0.2) is 11.6 Å². The van der Waals surface area contributed by atoms with Crippen molar-refractivity contribution in [2.24, 2.45) is 0 Å². The molecule has 2 aliphatic rings. The smallest absolute Gasteiger partial charge is 0.254 e. The highest BCUT2D eigenvalue weighted by Gasteiger charge is 2.25. The normalized spacial score (nSPS) is 17.2. The Morgan fingerprint density at radius 1 is 0.967 bits per heavy atom. The molecule has 0 radical (unpaired) electrons. The number of nitrogens with zero attached hydrogens (tertiary/aromatic N) is 5. The van der Waals surface area contributed by atoms with E-state index in [1.807, 2.05) is 13.0 Å². The molecule has 4 rings (SSSR count). The fourth-order valence-electron chi connectivity index (χ4n) is 4.05. The maximum absolute atomic E-state index is 14.0. The van der Waals surface area contributed by atoms with Crippen molar-refractivity contribution in [3.05, 3.63) is 41.3 Å². The number of carbonyl (C=O) groups excluding carboxylic acids is 1. The van der Waals surface area contributed by atoms with Crippen LogP contribution in [0, 0.1) is 12.7 Å². The summed E-state index contributed by atoms with van der Waals surface area (Å²) in [5.41, 5.74) is 1.29. The number of benzene rings is 1. The molecule has 0 saturated carbocycles. The van der Waals surface area contributed by atoms with Crippen molar-refractivity contribution in [1.82, 2.24) is 14.9 Å². The van der Waals surface area contributed by atoms with Crippen molar-refractivity contribution in [1.29, 1.82) is 0 Å². The van der Waals surface area contributed by atoms with Crippen LogP contribution in [0.2, 0.25) is 0 Å². The zero-order valence-corrected chi connectivity index (χ0v) is 17.6. The summed E-state index contributed by atoms with van der Waals surface area (Å²) in [6.45, 7) is 6.49. The van der Waals surface area contributed by atoms with E-state index in [0.29, 0.717) is 31.7 Å². The van der Waals surface area contributed by atoms with E-state index in [4.69, 9.17) is 9.72 Å². The third-order valence-corrected chi connectivity index (χ3v) is 5.76. The number of piperazine rings is 1. The van der Waals surface area contributed by atoms with Gasteiger partial charge in [-0.15, -0.1) is 0 Å². The molecule has 1 amide bonds. The number of aromatic nitrogens is 2.